The first-order valence-electron chi connectivity index (χ1n) is 20.6. The van der Waals surface area contributed by atoms with Gasteiger partial charge in [0.05, 0.1) is 43.4 Å². The SMILES string of the molecule is CCc1cc(S(=O)(=O)c2ccc(N3C(=O)c4ccc(-c5ccc(N)cc5)cc4C3=O)c(CC)c2CC)c(CC)c(CC)c1N1C(=O)c2ccc(-c3ccc(N)cc3)cc2C1=O. The van der Waals surface area contributed by atoms with E-state index in [0.29, 0.717) is 82.7 Å². The Labute approximate surface area is 355 Å². The standard InChI is InChI=1S/C50H46N4O6S/c1-6-28-27-45(37(9-4)38(10-5)46(28)54-48(56)40-22-16-32(26-42(40)50(54)58)30-13-19-34(52)20-14-30)61(59,60)44-24-23-43(35(7-2)36(44)8-3)53-47(55)39-21-15-31(25-41(39)49(53)57)29-11-17-33(51)18-12-29/h11-27H,6-10,51-52H2,1-5H3. The van der Waals surface area contributed by atoms with Gasteiger partial charge >= 0.3 is 0 Å². The number of amides is 4. The Morgan fingerprint density at radius 3 is 1.33 bits per heavy atom. The number of nitrogen functional groups attached to an aromatic ring is 2. The molecule has 4 N–H and O–H groups in total. The van der Waals surface area contributed by atoms with Crippen LogP contribution in [0.15, 0.2) is 113 Å². The largest absolute Gasteiger partial charge is 0.399 e. The summed E-state index contributed by atoms with van der Waals surface area (Å²) >= 11 is 0. The zero-order chi connectivity index (χ0) is 43.5. The molecule has 61 heavy (non-hydrogen) atoms. The molecule has 10 nitrogen and oxygen atoms in total. The van der Waals surface area contributed by atoms with Crippen LogP contribution in [0.4, 0.5) is 22.7 Å². The molecule has 0 unspecified atom stereocenters. The number of nitrogens with zero attached hydrogens (tertiary/aromatic N) is 2. The highest BCUT2D eigenvalue weighted by Crippen LogP contribution is 2.43. The maximum atomic E-state index is 15.2. The van der Waals surface area contributed by atoms with E-state index in [1.807, 2.05) is 65.0 Å². The van der Waals surface area contributed by atoms with Crippen molar-refractivity contribution in [1.29, 1.82) is 0 Å². The molecule has 0 fully saturated rings. The summed E-state index contributed by atoms with van der Waals surface area (Å²) in [6.45, 7) is 9.38. The number of hydrogen-bond acceptors (Lipinski definition) is 8. The maximum absolute atomic E-state index is 15.2. The van der Waals surface area contributed by atoms with E-state index in [-0.39, 0.29) is 32.0 Å². The summed E-state index contributed by atoms with van der Waals surface area (Å²) < 4.78 is 30.3. The molecule has 4 amide bonds. The van der Waals surface area contributed by atoms with Crippen LogP contribution in [0.2, 0.25) is 0 Å². The second kappa shape index (κ2) is 15.6. The number of anilines is 4. The second-order valence-corrected chi connectivity index (χ2v) is 17.2. The van der Waals surface area contributed by atoms with Crippen molar-refractivity contribution in [2.75, 3.05) is 21.3 Å². The first kappa shape index (κ1) is 40.9. The van der Waals surface area contributed by atoms with Crippen LogP contribution in [0.5, 0.6) is 0 Å². The molecule has 0 atom stereocenters. The number of carbonyl (C=O) groups excluding carboxylic acids is 4. The number of carbonyl (C=O) groups is 4. The van der Waals surface area contributed by atoms with E-state index in [0.717, 1.165) is 27.2 Å². The fraction of sp³-hybridized carbons (Fsp3) is 0.200. The van der Waals surface area contributed by atoms with Crippen LogP contribution in [-0.2, 0) is 41.9 Å². The Bertz CT molecular complexity index is 2960. The summed E-state index contributed by atoms with van der Waals surface area (Å²) in [6, 6.07) is 29.6. The number of imide groups is 2. The number of benzene rings is 6. The molecular formula is C50H46N4O6S. The van der Waals surface area contributed by atoms with E-state index in [1.54, 1.807) is 66.7 Å². The smallest absolute Gasteiger partial charge is 0.266 e. The summed E-state index contributed by atoms with van der Waals surface area (Å²) in [4.78, 5) is 59.1. The third kappa shape index (κ3) is 6.51. The number of nitrogens with two attached hydrogens (primary N) is 2. The lowest BCUT2D eigenvalue weighted by Crippen LogP contribution is -2.32. The van der Waals surface area contributed by atoms with Gasteiger partial charge in [-0.1, -0.05) is 71.0 Å². The molecule has 0 aromatic heterocycles. The van der Waals surface area contributed by atoms with Crippen molar-refractivity contribution >= 4 is 56.2 Å². The number of rotatable bonds is 11. The molecule has 6 aromatic carbocycles. The lowest BCUT2D eigenvalue weighted by Gasteiger charge is -2.27. The fourth-order valence-electron chi connectivity index (χ4n) is 8.99. The molecule has 2 heterocycles. The highest BCUT2D eigenvalue weighted by molar-refractivity contribution is 7.91. The van der Waals surface area contributed by atoms with Gasteiger partial charge in [0.1, 0.15) is 0 Å². The highest BCUT2D eigenvalue weighted by atomic mass is 32.2. The minimum Gasteiger partial charge on any atom is -0.399 e. The normalized spacial score (nSPS) is 13.7. The van der Waals surface area contributed by atoms with Gasteiger partial charge < -0.3 is 11.5 Å². The summed E-state index contributed by atoms with van der Waals surface area (Å²) in [7, 11) is -4.24. The molecule has 2 aliphatic heterocycles. The van der Waals surface area contributed by atoms with Crippen LogP contribution in [-0.4, -0.2) is 32.0 Å². The minimum atomic E-state index is -4.24. The van der Waals surface area contributed by atoms with Crippen molar-refractivity contribution in [1.82, 2.24) is 0 Å². The lowest BCUT2D eigenvalue weighted by atomic mass is 9.94. The molecule has 11 heteroatoms. The van der Waals surface area contributed by atoms with Crippen molar-refractivity contribution in [2.24, 2.45) is 0 Å². The molecule has 0 spiro atoms. The third-order valence-corrected chi connectivity index (χ3v) is 13.9. The molecule has 0 aliphatic carbocycles. The average Bonchev–Trinajstić information content (AvgIpc) is 3.67. The number of aryl methyl sites for hydroxylation is 1. The Morgan fingerprint density at radius 1 is 0.426 bits per heavy atom. The summed E-state index contributed by atoms with van der Waals surface area (Å²) in [5.41, 5.74) is 20.9. The van der Waals surface area contributed by atoms with Gasteiger partial charge in [0.2, 0.25) is 9.84 Å². The highest BCUT2D eigenvalue weighted by Gasteiger charge is 2.42. The average molecular weight is 831 g/mol. The topological polar surface area (TPSA) is 161 Å². The first-order chi connectivity index (χ1) is 29.3. The summed E-state index contributed by atoms with van der Waals surface area (Å²) in [5, 5.41) is 0. The fourth-order valence-corrected chi connectivity index (χ4v) is 11.0. The van der Waals surface area contributed by atoms with Gasteiger partial charge in [-0.05, 0) is 149 Å². The van der Waals surface area contributed by atoms with E-state index < -0.39 is 33.5 Å². The Hall–Kier alpha value is -6.85. The third-order valence-electron chi connectivity index (χ3n) is 12.0. The van der Waals surface area contributed by atoms with E-state index >= 15 is 8.42 Å². The molecular weight excluding hydrogens is 785 g/mol. The zero-order valence-corrected chi connectivity index (χ0v) is 35.6. The molecule has 0 bridgehead atoms. The van der Waals surface area contributed by atoms with Crippen LogP contribution in [0.3, 0.4) is 0 Å². The van der Waals surface area contributed by atoms with Gasteiger partial charge in [-0.3, -0.25) is 19.2 Å². The van der Waals surface area contributed by atoms with Crippen molar-refractivity contribution < 1.29 is 27.6 Å². The maximum Gasteiger partial charge on any atom is 0.266 e. The quantitative estimate of drug-likeness (QED) is 0.0965. The van der Waals surface area contributed by atoms with Gasteiger partial charge in [0.25, 0.3) is 23.6 Å². The van der Waals surface area contributed by atoms with E-state index in [9.17, 15) is 19.2 Å². The van der Waals surface area contributed by atoms with Gasteiger partial charge in [-0.15, -0.1) is 0 Å². The van der Waals surface area contributed by atoms with E-state index in [1.165, 1.54) is 11.0 Å². The molecule has 308 valence electrons. The van der Waals surface area contributed by atoms with E-state index in [4.69, 9.17) is 11.5 Å². The molecule has 6 aromatic rings. The summed E-state index contributed by atoms with van der Waals surface area (Å²) in [6.07, 6.45) is 1.68. The first-order valence-corrected chi connectivity index (χ1v) is 22.1. The number of sulfone groups is 1. The molecule has 0 saturated carbocycles. The van der Waals surface area contributed by atoms with Crippen LogP contribution >= 0.6 is 0 Å². The molecule has 0 radical (unpaired) electrons. The second-order valence-electron chi connectivity index (χ2n) is 15.3. The van der Waals surface area contributed by atoms with E-state index in [2.05, 4.69) is 0 Å². The van der Waals surface area contributed by atoms with Crippen LogP contribution < -0.4 is 21.3 Å². The van der Waals surface area contributed by atoms with Crippen LogP contribution in [0, 0.1) is 0 Å². The van der Waals surface area contributed by atoms with Crippen LogP contribution in [0.25, 0.3) is 22.3 Å². The minimum absolute atomic E-state index is 0.0836. The Balaban J connectivity index is 1.20. The lowest BCUT2D eigenvalue weighted by molar-refractivity contribution is 0.0910. The molecule has 8 rings (SSSR count). The number of hydrogen-bond donors (Lipinski definition) is 2. The monoisotopic (exact) mass is 830 g/mol. The Morgan fingerprint density at radius 2 is 0.852 bits per heavy atom. The van der Waals surface area contributed by atoms with Crippen molar-refractivity contribution in [3.8, 4) is 22.3 Å². The summed E-state index contributed by atoms with van der Waals surface area (Å²) in [5.74, 6) is -1.89. The van der Waals surface area contributed by atoms with Crippen molar-refractivity contribution in [2.45, 2.75) is 76.5 Å². The van der Waals surface area contributed by atoms with Crippen molar-refractivity contribution in [3.05, 3.63) is 153 Å². The van der Waals surface area contributed by atoms with Crippen LogP contribution in [0.1, 0.15) is 104 Å². The van der Waals surface area contributed by atoms with Crippen molar-refractivity contribution in [3.63, 3.8) is 0 Å². The number of fused-ring (bicyclic) bond motifs is 2. The predicted octanol–water partition coefficient (Wildman–Crippen LogP) is 9.43. The molecule has 2 aliphatic rings. The van der Waals surface area contributed by atoms with Gasteiger partial charge in [-0.2, -0.15) is 0 Å². The molecule has 0 saturated heterocycles. The zero-order valence-electron chi connectivity index (χ0n) is 34.8. The van der Waals surface area contributed by atoms with Gasteiger partial charge in [-0.25, -0.2) is 18.2 Å². The van der Waals surface area contributed by atoms with Gasteiger partial charge in [0, 0.05) is 11.4 Å². The van der Waals surface area contributed by atoms with Gasteiger partial charge in [0.15, 0.2) is 0 Å². The Kier molecular flexibility index (Phi) is 10.5. The predicted molar refractivity (Wildman–Crippen MR) is 240 cm³/mol.